The molecule has 1 atom stereocenters. The molecular formula is C117H102N12O4. The van der Waals surface area contributed by atoms with Gasteiger partial charge in [-0.25, -0.2) is 40.4 Å². The van der Waals surface area contributed by atoms with Gasteiger partial charge in [-0.05, 0) is 267 Å². The van der Waals surface area contributed by atoms with Gasteiger partial charge < -0.3 is 38.5 Å². The van der Waals surface area contributed by atoms with Gasteiger partial charge in [0.05, 0.1) is 63.3 Å². The third-order valence-corrected chi connectivity index (χ3v) is 24.8. The highest BCUT2D eigenvalue weighted by Gasteiger charge is 2.41. The number of aryl methyl sites for hydroxylation is 3. The van der Waals surface area contributed by atoms with E-state index in [1.165, 1.54) is 62.1 Å². The van der Waals surface area contributed by atoms with Crippen LogP contribution in [0, 0.1) is 71.6 Å². The SMILES string of the molecule is [C-]#[N+]/C(C#N)=C1C=C(/C=C/c2ccc(N3CCC(c4ccccc4)CC3)cc2)OC(c2ccccc2)(c2ccccc2)C\1.[C-]#[N+]/C(C#N)=C1C=C(/C=C/c2ccc(N3CCCc4ccccc43)cc2)OC(C)(C)C\1.[C-]#[N+]/C(C#N)=C1C=C(/C=C/c2ccc(N3CCCc4ccccc43)cc2)OC(C)C\1.[C-]#[N+]/C(C#N)=C1C=C(/C=C/c2ccc(N3CCCc4ccccc43)cc2)OCC\1. The molecule has 8 aliphatic heterocycles. The highest BCUT2D eigenvalue weighted by atomic mass is 16.5. The Balaban J connectivity index is 0.000000137. The number of piperidine rings is 1. The summed E-state index contributed by atoms with van der Waals surface area (Å²) in [6.07, 6.45) is 34.2. The van der Waals surface area contributed by atoms with Crippen molar-refractivity contribution in [2.45, 2.75) is 121 Å². The van der Waals surface area contributed by atoms with E-state index in [1.54, 1.807) is 18.2 Å². The Kier molecular flexibility index (Phi) is 30.1. The minimum absolute atomic E-state index is 0.0590. The first-order valence-corrected chi connectivity index (χ1v) is 45.3. The predicted octanol–water partition coefficient (Wildman–Crippen LogP) is 27.6. The minimum Gasteiger partial charge on any atom is -0.493 e. The number of anilines is 7. The molecule has 10 aromatic rings. The molecule has 0 radical (unpaired) electrons. The quantitative estimate of drug-likeness (QED) is 0.0706. The molecule has 0 aliphatic carbocycles. The number of benzene rings is 10. The molecule has 16 heteroatoms. The third kappa shape index (κ3) is 22.9. The van der Waals surface area contributed by atoms with Gasteiger partial charge in [0, 0.05) is 103 Å². The summed E-state index contributed by atoms with van der Waals surface area (Å²) >= 11 is 0. The average molecular weight is 1740 g/mol. The minimum atomic E-state index is -0.866. The van der Waals surface area contributed by atoms with Gasteiger partial charge in [0.1, 0.15) is 28.6 Å². The van der Waals surface area contributed by atoms with E-state index >= 15 is 0 Å². The monoisotopic (exact) mass is 1740 g/mol. The van der Waals surface area contributed by atoms with E-state index in [-0.39, 0.29) is 28.9 Å². The van der Waals surface area contributed by atoms with Gasteiger partial charge in [-0.2, -0.15) is 0 Å². The first-order valence-electron chi connectivity index (χ1n) is 45.3. The molecule has 0 N–H and O–H groups in total. The highest BCUT2D eigenvalue weighted by Crippen LogP contribution is 2.47. The van der Waals surface area contributed by atoms with E-state index in [4.69, 9.17) is 55.8 Å². The molecule has 16 nitrogen and oxygen atoms in total. The van der Waals surface area contributed by atoms with Gasteiger partial charge in [-0.1, -0.05) is 218 Å². The van der Waals surface area contributed by atoms with E-state index in [1.807, 2.05) is 154 Å². The van der Waals surface area contributed by atoms with Gasteiger partial charge in [-0.15, -0.1) is 0 Å². The number of allylic oxidation sites excluding steroid dienone is 12. The van der Waals surface area contributed by atoms with Crippen molar-refractivity contribution in [3.8, 4) is 24.3 Å². The lowest BCUT2D eigenvalue weighted by atomic mass is 9.79. The van der Waals surface area contributed by atoms with Crippen LogP contribution >= 0.6 is 0 Å². The Morgan fingerprint density at radius 3 is 1.15 bits per heavy atom. The maximum atomic E-state index is 9.78. The van der Waals surface area contributed by atoms with E-state index in [2.05, 4.69) is 245 Å². The summed E-state index contributed by atoms with van der Waals surface area (Å²) < 4.78 is 24.4. The van der Waals surface area contributed by atoms with E-state index in [9.17, 15) is 10.5 Å². The van der Waals surface area contributed by atoms with Crippen molar-refractivity contribution in [2.24, 2.45) is 0 Å². The molecule has 1 saturated heterocycles. The molecule has 133 heavy (non-hydrogen) atoms. The zero-order valence-electron chi connectivity index (χ0n) is 75.1. The number of rotatable bonds is 15. The van der Waals surface area contributed by atoms with Crippen LogP contribution in [0.25, 0.3) is 43.7 Å². The van der Waals surface area contributed by atoms with Crippen LogP contribution in [0.4, 0.5) is 39.8 Å². The first-order chi connectivity index (χ1) is 65.1. The van der Waals surface area contributed by atoms with Crippen molar-refractivity contribution in [1.82, 2.24) is 0 Å². The number of nitriles is 4. The summed E-state index contributed by atoms with van der Waals surface area (Å²) in [4.78, 5) is 23.1. The first kappa shape index (κ1) is 91.2. The van der Waals surface area contributed by atoms with Crippen LogP contribution < -0.4 is 19.6 Å². The zero-order valence-corrected chi connectivity index (χ0v) is 75.1. The Labute approximate surface area is 782 Å². The highest BCUT2D eigenvalue weighted by molar-refractivity contribution is 5.73. The van der Waals surface area contributed by atoms with Crippen molar-refractivity contribution in [1.29, 1.82) is 21.0 Å². The largest absolute Gasteiger partial charge is 0.493 e. The smallest absolute Gasteiger partial charge is 0.265 e. The van der Waals surface area contributed by atoms with E-state index in [0.717, 1.165) is 134 Å². The summed E-state index contributed by atoms with van der Waals surface area (Å²) in [5.41, 5.74) is 22.7. The Bertz CT molecular complexity index is 6560. The molecule has 18 rings (SSSR count). The second kappa shape index (κ2) is 43.9. The number of fused-ring (bicyclic) bond motifs is 3. The van der Waals surface area contributed by atoms with Crippen molar-refractivity contribution >= 4 is 64.1 Å². The fourth-order valence-electron chi connectivity index (χ4n) is 18.2. The lowest BCUT2D eigenvalue weighted by Gasteiger charge is -2.39. The van der Waals surface area contributed by atoms with E-state index < -0.39 is 11.2 Å². The summed E-state index contributed by atoms with van der Waals surface area (Å²) in [6.45, 7) is 40.7. The van der Waals surface area contributed by atoms with Gasteiger partial charge in [-0.3, -0.25) is 0 Å². The molecule has 8 aliphatic rings. The van der Waals surface area contributed by atoms with Gasteiger partial charge >= 0.3 is 0 Å². The van der Waals surface area contributed by atoms with Crippen LogP contribution in [0.15, 0.2) is 378 Å². The van der Waals surface area contributed by atoms with Crippen LogP contribution in [-0.4, -0.2) is 51.0 Å². The Hall–Kier alpha value is -16.6. The van der Waals surface area contributed by atoms with Crippen molar-refractivity contribution in [2.75, 3.05) is 58.9 Å². The van der Waals surface area contributed by atoms with Crippen LogP contribution in [0.2, 0.25) is 0 Å². The van der Waals surface area contributed by atoms with Gasteiger partial charge in [0.2, 0.25) is 0 Å². The van der Waals surface area contributed by atoms with Gasteiger partial charge in [0.15, 0.2) is 5.60 Å². The molecule has 654 valence electrons. The molecule has 0 spiro atoms. The number of ether oxygens (including phenoxy) is 4. The lowest BCUT2D eigenvalue weighted by molar-refractivity contribution is 0.0347. The van der Waals surface area contributed by atoms with Gasteiger partial charge in [0.25, 0.3) is 22.8 Å². The molecule has 0 aromatic heterocycles. The summed E-state index contributed by atoms with van der Waals surface area (Å²) in [5.74, 6) is 3.26. The zero-order chi connectivity index (χ0) is 92.3. The third-order valence-electron chi connectivity index (χ3n) is 24.8. The van der Waals surface area contributed by atoms with Crippen LogP contribution in [-0.2, 0) is 43.8 Å². The Morgan fingerprint density at radius 1 is 0.368 bits per heavy atom. The van der Waals surface area contributed by atoms with Crippen molar-refractivity contribution in [3.05, 3.63) is 479 Å². The summed E-state index contributed by atoms with van der Waals surface area (Å²) in [5, 5.41) is 37.2. The Morgan fingerprint density at radius 2 is 0.722 bits per heavy atom. The van der Waals surface area contributed by atoms with Crippen LogP contribution in [0.5, 0.6) is 0 Å². The summed E-state index contributed by atoms with van der Waals surface area (Å²) in [7, 11) is 0. The van der Waals surface area contributed by atoms with Crippen molar-refractivity contribution < 1.29 is 18.9 Å². The number of hydrogen-bond donors (Lipinski definition) is 0. The maximum Gasteiger partial charge on any atom is 0.265 e. The summed E-state index contributed by atoms with van der Waals surface area (Å²) in [6, 6.07) is 99.0. The molecular weight excluding hydrogens is 1640 g/mol. The fraction of sp³-hybridized carbons (Fsp3) is 0.214. The number of para-hydroxylation sites is 3. The second-order valence-corrected chi connectivity index (χ2v) is 34.2. The molecule has 1 fully saturated rings. The van der Waals surface area contributed by atoms with Crippen LogP contribution in [0.1, 0.15) is 140 Å². The second-order valence-electron chi connectivity index (χ2n) is 34.2. The predicted molar refractivity (Wildman–Crippen MR) is 532 cm³/mol. The normalized spacial score (nSPS) is 18.5. The molecule has 0 bridgehead atoms. The molecule has 0 amide bonds. The van der Waals surface area contributed by atoms with Crippen molar-refractivity contribution in [3.63, 3.8) is 0 Å². The molecule has 1 unspecified atom stereocenters. The number of nitrogens with zero attached hydrogens (tertiary/aromatic N) is 12. The topological polar surface area (TPSA) is 162 Å². The van der Waals surface area contributed by atoms with Crippen LogP contribution in [0.3, 0.4) is 0 Å². The fourth-order valence-corrected chi connectivity index (χ4v) is 18.2. The lowest BCUT2D eigenvalue weighted by Crippen LogP contribution is -2.34. The standard InChI is InChI=1S/C39H33N3O.C27H25N3O.C26H23N3O.C25H21N3O/c1-41-38(29-40)33-27-37(43-39(28-33,34-13-7-3-8-14-34)35-15-9-4-10-16-35)22-19-30-17-20-36(21-18-30)42-25-23-32(24-26-42)31-11-5-2-6-12-31;1-27(2)18-22(25(19-28)29-3)17-24(31-27)15-12-20-10-13-23(14-11-20)30-16-6-8-21-7-4-5-9-26(21)30;1-19-16-22(25(18-27)28-2)17-24(30-19)14-11-20-9-12-23(13-10-20)29-15-5-7-21-6-3-4-8-26(21)29;1-27-24(18-26)21-14-16-29-23(17-21)13-10-19-8-11-22(12-9-19)28-15-4-6-20-5-2-3-7-25(20)28/h2-22,27,32H,23-26,28H2;4-5,7,9-15,17H,6,8,16,18H2,1-2H3;3-4,6,8-14,17,19H,5,7,15-16H2,1H3;2-3,5,7-13,17H,4,6,14-16H2/b22-19+,38-33+;15-12+,25-22+;14-11+,25-22-;13-10+,24-21-. The maximum absolute atomic E-state index is 9.78. The van der Waals surface area contributed by atoms with E-state index in [0.29, 0.717) is 66.8 Å². The average Bonchev–Trinajstić information content (AvgIpc) is 0.750. The molecule has 10 aromatic carbocycles. The molecule has 8 heterocycles. The number of hydrogen-bond acceptors (Lipinski definition) is 12. The molecule has 0 saturated carbocycles.